The van der Waals surface area contributed by atoms with Gasteiger partial charge in [0.05, 0.1) is 5.56 Å². The Labute approximate surface area is 113 Å². The highest BCUT2D eigenvalue weighted by atomic mass is 35.5. The van der Waals surface area contributed by atoms with Crippen molar-refractivity contribution in [1.29, 1.82) is 0 Å². The van der Waals surface area contributed by atoms with Gasteiger partial charge in [-0.1, -0.05) is 23.2 Å². The van der Waals surface area contributed by atoms with Gasteiger partial charge in [-0.3, -0.25) is 9.78 Å². The van der Waals surface area contributed by atoms with Gasteiger partial charge in [-0.15, -0.1) is 0 Å². The normalized spacial score (nSPS) is 14.5. The zero-order valence-electron chi connectivity index (χ0n) is 9.27. The molecule has 0 unspecified atom stereocenters. The van der Waals surface area contributed by atoms with E-state index in [1.807, 2.05) is 0 Å². The number of pyridine rings is 1. The molecule has 1 aromatic heterocycles. The quantitative estimate of drug-likeness (QED) is 0.837. The van der Waals surface area contributed by atoms with Crippen molar-refractivity contribution in [3.05, 3.63) is 29.1 Å². The Morgan fingerprint density at radius 2 is 2.17 bits per heavy atom. The maximum absolute atomic E-state index is 11.7. The molecule has 0 saturated heterocycles. The summed E-state index contributed by atoms with van der Waals surface area (Å²) in [7, 11) is 0. The van der Waals surface area contributed by atoms with Crippen molar-refractivity contribution in [3.8, 4) is 0 Å². The third kappa shape index (κ3) is 2.42. The maximum atomic E-state index is 11.7. The van der Waals surface area contributed by atoms with E-state index in [2.05, 4.69) is 4.98 Å². The molecule has 1 N–H and O–H groups in total. The van der Waals surface area contributed by atoms with Gasteiger partial charge in [0.15, 0.2) is 4.84 Å². The molecule has 0 aliphatic carbocycles. The largest absolute Gasteiger partial charge is 0.478 e. The first kappa shape index (κ1) is 13.1. The van der Waals surface area contributed by atoms with Crippen LogP contribution < -0.4 is 0 Å². The van der Waals surface area contributed by atoms with Crippen molar-refractivity contribution in [1.82, 2.24) is 9.88 Å². The lowest BCUT2D eigenvalue weighted by Gasteiger charge is -2.29. The summed E-state index contributed by atoms with van der Waals surface area (Å²) in [5.41, 5.74) is 1.43. The molecule has 96 valence electrons. The Hall–Kier alpha value is -1.33. The van der Waals surface area contributed by atoms with Gasteiger partial charge in [-0.05, 0) is 6.07 Å². The molecule has 1 aliphatic heterocycles. The second-order valence-corrected chi connectivity index (χ2v) is 5.00. The summed E-state index contributed by atoms with van der Waals surface area (Å²) < 4.78 is 0. The third-order valence-electron chi connectivity index (χ3n) is 2.84. The van der Waals surface area contributed by atoms with E-state index in [0.717, 1.165) is 0 Å². The number of carbonyl (C=O) groups excluding carboxylic acids is 1. The third-order valence-corrected chi connectivity index (χ3v) is 3.21. The van der Waals surface area contributed by atoms with Crippen LogP contribution in [-0.2, 0) is 17.8 Å². The van der Waals surface area contributed by atoms with E-state index in [1.165, 1.54) is 17.2 Å². The van der Waals surface area contributed by atoms with Crippen molar-refractivity contribution >= 4 is 35.1 Å². The zero-order chi connectivity index (χ0) is 13.3. The number of rotatable bonds is 2. The first-order valence-electron chi connectivity index (χ1n) is 5.27. The van der Waals surface area contributed by atoms with E-state index in [-0.39, 0.29) is 12.1 Å². The van der Waals surface area contributed by atoms with Crippen LogP contribution in [0.5, 0.6) is 0 Å². The molecule has 1 amide bonds. The molecule has 0 bridgehead atoms. The lowest BCUT2D eigenvalue weighted by atomic mass is 10.00. The smallest absolute Gasteiger partial charge is 0.336 e. The number of alkyl halides is 2. The van der Waals surface area contributed by atoms with Crippen LogP contribution in [0.3, 0.4) is 0 Å². The van der Waals surface area contributed by atoms with E-state index in [0.29, 0.717) is 24.2 Å². The standard InChI is InChI=1S/C11H10Cl2N2O3/c12-9(13)10(16)15-4-2-8-7(5-15)6(11(17)18)1-3-14-8/h1,3,9H,2,4-5H2,(H,17,18). The van der Waals surface area contributed by atoms with Crippen LogP contribution in [0.15, 0.2) is 12.3 Å². The SMILES string of the molecule is O=C(O)c1ccnc2c1CN(C(=O)C(Cl)Cl)CC2. The average Bonchev–Trinajstić information content (AvgIpc) is 2.36. The number of carboxylic acids is 1. The van der Waals surface area contributed by atoms with Crippen LogP contribution in [0.4, 0.5) is 0 Å². The minimum absolute atomic E-state index is 0.165. The molecule has 2 rings (SSSR count). The summed E-state index contributed by atoms with van der Waals surface area (Å²) in [5, 5.41) is 9.09. The molecular weight excluding hydrogens is 279 g/mol. The molecule has 0 aromatic carbocycles. The fourth-order valence-electron chi connectivity index (χ4n) is 1.96. The first-order valence-corrected chi connectivity index (χ1v) is 6.15. The molecule has 2 heterocycles. The number of halogens is 2. The van der Waals surface area contributed by atoms with Crippen LogP contribution in [0.25, 0.3) is 0 Å². The summed E-state index contributed by atoms with van der Waals surface area (Å²) in [4.78, 5) is 27.2. The molecule has 5 nitrogen and oxygen atoms in total. The summed E-state index contributed by atoms with van der Waals surface area (Å²) in [6, 6.07) is 1.42. The zero-order valence-corrected chi connectivity index (χ0v) is 10.8. The predicted molar refractivity (Wildman–Crippen MR) is 65.8 cm³/mol. The number of hydrogen-bond acceptors (Lipinski definition) is 3. The van der Waals surface area contributed by atoms with E-state index in [1.54, 1.807) is 0 Å². The minimum Gasteiger partial charge on any atom is -0.478 e. The number of aromatic carboxylic acids is 1. The van der Waals surface area contributed by atoms with Crippen molar-refractivity contribution in [2.24, 2.45) is 0 Å². The Morgan fingerprint density at radius 1 is 1.44 bits per heavy atom. The molecule has 0 fully saturated rings. The lowest BCUT2D eigenvalue weighted by molar-refractivity contribution is -0.130. The Morgan fingerprint density at radius 3 is 2.78 bits per heavy atom. The molecule has 0 atom stereocenters. The summed E-state index contributed by atoms with van der Waals surface area (Å²) in [6.45, 7) is 0.622. The number of hydrogen-bond donors (Lipinski definition) is 1. The molecule has 1 aliphatic rings. The topological polar surface area (TPSA) is 70.5 Å². The van der Waals surface area contributed by atoms with Crippen LogP contribution in [0.1, 0.15) is 21.6 Å². The van der Waals surface area contributed by atoms with E-state index in [9.17, 15) is 9.59 Å². The van der Waals surface area contributed by atoms with Crippen LogP contribution >= 0.6 is 23.2 Å². The number of amides is 1. The van der Waals surface area contributed by atoms with Gasteiger partial charge in [0.1, 0.15) is 0 Å². The molecule has 7 heteroatoms. The molecular formula is C11H10Cl2N2O3. The van der Waals surface area contributed by atoms with Crippen molar-refractivity contribution in [2.75, 3.05) is 6.54 Å². The van der Waals surface area contributed by atoms with Gasteiger partial charge in [-0.2, -0.15) is 0 Å². The van der Waals surface area contributed by atoms with Crippen molar-refractivity contribution in [2.45, 2.75) is 17.8 Å². The Bertz CT molecular complexity index is 505. The van der Waals surface area contributed by atoms with E-state index >= 15 is 0 Å². The highest BCUT2D eigenvalue weighted by molar-refractivity contribution is 6.53. The van der Waals surface area contributed by atoms with Crippen LogP contribution in [-0.4, -0.2) is 38.2 Å². The van der Waals surface area contributed by atoms with Gasteiger partial charge >= 0.3 is 5.97 Å². The molecule has 0 saturated carbocycles. The molecule has 0 spiro atoms. The number of aromatic nitrogens is 1. The van der Waals surface area contributed by atoms with Crippen molar-refractivity contribution in [3.63, 3.8) is 0 Å². The maximum Gasteiger partial charge on any atom is 0.336 e. The highest BCUT2D eigenvalue weighted by Gasteiger charge is 2.27. The Balaban J connectivity index is 2.33. The van der Waals surface area contributed by atoms with E-state index < -0.39 is 16.7 Å². The second kappa shape index (κ2) is 5.12. The second-order valence-electron chi connectivity index (χ2n) is 3.90. The minimum atomic E-state index is -1.13. The predicted octanol–water partition coefficient (Wildman–Crippen LogP) is 1.47. The Kier molecular flexibility index (Phi) is 3.73. The fraction of sp³-hybridized carbons (Fsp3) is 0.364. The van der Waals surface area contributed by atoms with Crippen LogP contribution in [0, 0.1) is 0 Å². The number of fused-ring (bicyclic) bond motifs is 1. The van der Waals surface area contributed by atoms with Crippen LogP contribution in [0.2, 0.25) is 0 Å². The highest BCUT2D eigenvalue weighted by Crippen LogP contribution is 2.22. The monoisotopic (exact) mass is 288 g/mol. The molecule has 18 heavy (non-hydrogen) atoms. The van der Waals surface area contributed by atoms with E-state index in [4.69, 9.17) is 28.3 Å². The van der Waals surface area contributed by atoms with Gasteiger partial charge in [0.2, 0.25) is 0 Å². The van der Waals surface area contributed by atoms with Crippen molar-refractivity contribution < 1.29 is 14.7 Å². The number of carbonyl (C=O) groups is 2. The average molecular weight is 289 g/mol. The number of carboxylic acid groups (broad SMARTS) is 1. The lowest BCUT2D eigenvalue weighted by Crippen LogP contribution is -2.39. The first-order chi connectivity index (χ1) is 8.50. The van der Waals surface area contributed by atoms with Gasteiger partial charge in [0, 0.05) is 37.0 Å². The van der Waals surface area contributed by atoms with Gasteiger partial charge in [-0.25, -0.2) is 4.79 Å². The summed E-state index contributed by atoms with van der Waals surface area (Å²) >= 11 is 11.1. The fourth-order valence-corrected chi connectivity index (χ4v) is 2.24. The molecule has 1 aromatic rings. The number of nitrogens with zero attached hydrogens (tertiary/aromatic N) is 2. The van der Waals surface area contributed by atoms with Gasteiger partial charge < -0.3 is 10.0 Å². The summed E-state index contributed by atoms with van der Waals surface area (Å²) in [5.74, 6) is -1.44. The summed E-state index contributed by atoms with van der Waals surface area (Å²) in [6.07, 6.45) is 1.97. The van der Waals surface area contributed by atoms with Gasteiger partial charge in [0.25, 0.3) is 5.91 Å². The molecule has 0 radical (unpaired) electrons.